The van der Waals surface area contributed by atoms with Gasteiger partial charge in [-0.25, -0.2) is 0 Å². The molecule has 0 heterocycles. The molecule has 86 valence electrons. The molecule has 1 aromatic carbocycles. The SMILES string of the molecule is COc1cc2c(cc1OC)C(=O)[C@H](CO)C2. The van der Waals surface area contributed by atoms with Crippen molar-refractivity contribution in [3.05, 3.63) is 23.3 Å². The van der Waals surface area contributed by atoms with Gasteiger partial charge in [0.25, 0.3) is 0 Å². The maximum absolute atomic E-state index is 11.8. The molecule has 1 aliphatic rings. The van der Waals surface area contributed by atoms with Crippen LogP contribution in [0.2, 0.25) is 0 Å². The van der Waals surface area contributed by atoms with E-state index in [1.165, 1.54) is 7.11 Å². The van der Waals surface area contributed by atoms with E-state index >= 15 is 0 Å². The minimum absolute atomic E-state index is 0.0153. The molecular formula is C12H14O4. The summed E-state index contributed by atoms with van der Waals surface area (Å²) in [4.78, 5) is 11.8. The first kappa shape index (κ1) is 11.0. The highest BCUT2D eigenvalue weighted by Gasteiger charge is 2.31. The van der Waals surface area contributed by atoms with Gasteiger partial charge in [0.15, 0.2) is 17.3 Å². The van der Waals surface area contributed by atoms with Crippen LogP contribution >= 0.6 is 0 Å². The molecule has 0 aromatic heterocycles. The summed E-state index contributed by atoms with van der Waals surface area (Å²) in [6.07, 6.45) is 0.574. The molecule has 0 fully saturated rings. The lowest BCUT2D eigenvalue weighted by Gasteiger charge is -2.09. The Morgan fingerprint density at radius 2 is 1.94 bits per heavy atom. The molecule has 0 saturated carbocycles. The van der Waals surface area contributed by atoms with Gasteiger partial charge in [0.05, 0.1) is 20.8 Å². The van der Waals surface area contributed by atoms with Gasteiger partial charge in [0, 0.05) is 11.5 Å². The molecule has 0 bridgehead atoms. The van der Waals surface area contributed by atoms with Crippen molar-refractivity contribution in [2.24, 2.45) is 5.92 Å². The first-order chi connectivity index (χ1) is 7.71. The number of Topliss-reactive ketones (excluding diaryl/α,β-unsaturated/α-hetero) is 1. The van der Waals surface area contributed by atoms with E-state index < -0.39 is 0 Å². The second kappa shape index (κ2) is 4.14. The molecule has 0 saturated heterocycles. The molecular weight excluding hydrogens is 208 g/mol. The largest absolute Gasteiger partial charge is 0.493 e. The van der Waals surface area contributed by atoms with Crippen LogP contribution in [0.5, 0.6) is 11.5 Å². The van der Waals surface area contributed by atoms with Gasteiger partial charge in [-0.3, -0.25) is 4.79 Å². The van der Waals surface area contributed by atoms with Gasteiger partial charge in [-0.05, 0) is 24.1 Å². The second-order valence-electron chi connectivity index (χ2n) is 3.81. The Hall–Kier alpha value is -1.55. The van der Waals surface area contributed by atoms with E-state index in [4.69, 9.17) is 14.6 Å². The first-order valence-corrected chi connectivity index (χ1v) is 5.11. The van der Waals surface area contributed by atoms with Crippen LogP contribution < -0.4 is 9.47 Å². The fourth-order valence-electron chi connectivity index (χ4n) is 2.04. The number of carbonyl (C=O) groups is 1. The first-order valence-electron chi connectivity index (χ1n) is 5.11. The Bertz CT molecular complexity index is 425. The highest BCUT2D eigenvalue weighted by Crippen LogP contribution is 2.36. The van der Waals surface area contributed by atoms with Gasteiger partial charge in [0.1, 0.15) is 0 Å². The average molecular weight is 222 g/mol. The number of hydrogen-bond donors (Lipinski definition) is 1. The van der Waals surface area contributed by atoms with Crippen molar-refractivity contribution in [2.75, 3.05) is 20.8 Å². The fourth-order valence-corrected chi connectivity index (χ4v) is 2.04. The van der Waals surface area contributed by atoms with Crippen molar-refractivity contribution >= 4 is 5.78 Å². The molecule has 16 heavy (non-hydrogen) atoms. The molecule has 2 rings (SSSR count). The van der Waals surface area contributed by atoms with Gasteiger partial charge in [-0.2, -0.15) is 0 Å². The standard InChI is InChI=1S/C12H14O4/c1-15-10-4-7-3-8(6-13)12(14)9(7)5-11(10)16-2/h4-5,8,13H,3,6H2,1-2H3/t8-/m0/s1. The van der Waals surface area contributed by atoms with Crippen LogP contribution in [-0.4, -0.2) is 31.7 Å². The topological polar surface area (TPSA) is 55.8 Å². The number of hydrogen-bond acceptors (Lipinski definition) is 4. The lowest BCUT2D eigenvalue weighted by molar-refractivity contribution is 0.0883. The maximum Gasteiger partial charge on any atom is 0.168 e. The van der Waals surface area contributed by atoms with E-state index in [0.717, 1.165) is 5.56 Å². The minimum Gasteiger partial charge on any atom is -0.493 e. The molecule has 1 N–H and O–H groups in total. The van der Waals surface area contributed by atoms with Crippen molar-refractivity contribution in [3.8, 4) is 11.5 Å². The molecule has 0 unspecified atom stereocenters. The summed E-state index contributed by atoms with van der Waals surface area (Å²) in [5.74, 6) is 0.839. The van der Waals surface area contributed by atoms with E-state index in [0.29, 0.717) is 23.5 Å². The Morgan fingerprint density at radius 3 is 2.50 bits per heavy atom. The Balaban J connectivity index is 2.47. The predicted molar refractivity (Wildman–Crippen MR) is 58.2 cm³/mol. The van der Waals surface area contributed by atoms with E-state index in [9.17, 15) is 4.79 Å². The molecule has 0 spiro atoms. The van der Waals surface area contributed by atoms with E-state index in [2.05, 4.69) is 0 Å². The lowest BCUT2D eigenvalue weighted by atomic mass is 10.1. The number of carbonyl (C=O) groups excluding carboxylic acids is 1. The Morgan fingerprint density at radius 1 is 1.31 bits per heavy atom. The smallest absolute Gasteiger partial charge is 0.168 e. The second-order valence-corrected chi connectivity index (χ2v) is 3.81. The number of rotatable bonds is 3. The quantitative estimate of drug-likeness (QED) is 0.830. The molecule has 0 amide bonds. The van der Waals surface area contributed by atoms with Gasteiger partial charge >= 0.3 is 0 Å². The molecule has 0 aliphatic heterocycles. The maximum atomic E-state index is 11.8. The van der Waals surface area contributed by atoms with Gasteiger partial charge < -0.3 is 14.6 Å². The third-order valence-corrected chi connectivity index (χ3v) is 2.93. The summed E-state index contributed by atoms with van der Waals surface area (Å²) < 4.78 is 10.3. The summed E-state index contributed by atoms with van der Waals surface area (Å²) in [6, 6.07) is 3.49. The number of ketones is 1. The van der Waals surface area contributed by atoms with Crippen LogP contribution in [0.25, 0.3) is 0 Å². The van der Waals surface area contributed by atoms with Crippen LogP contribution in [0.15, 0.2) is 12.1 Å². The molecule has 1 aromatic rings. The number of ether oxygens (including phenoxy) is 2. The average Bonchev–Trinajstić information content (AvgIpc) is 2.63. The summed E-state index contributed by atoms with van der Waals surface area (Å²) in [6.45, 7) is -0.113. The monoisotopic (exact) mass is 222 g/mol. The van der Waals surface area contributed by atoms with Crippen molar-refractivity contribution < 1.29 is 19.4 Å². The summed E-state index contributed by atoms with van der Waals surface area (Å²) >= 11 is 0. The third-order valence-electron chi connectivity index (χ3n) is 2.93. The predicted octanol–water partition coefficient (Wildman–Crippen LogP) is 1.05. The molecule has 4 nitrogen and oxygen atoms in total. The number of aliphatic hydroxyl groups is 1. The lowest BCUT2D eigenvalue weighted by Crippen LogP contribution is -2.12. The fraction of sp³-hybridized carbons (Fsp3) is 0.417. The molecule has 1 aliphatic carbocycles. The molecule has 0 radical (unpaired) electrons. The van der Waals surface area contributed by atoms with Crippen LogP contribution in [0.3, 0.4) is 0 Å². The number of methoxy groups -OCH3 is 2. The number of aliphatic hydroxyl groups excluding tert-OH is 1. The van der Waals surface area contributed by atoms with E-state index in [1.54, 1.807) is 13.2 Å². The Labute approximate surface area is 93.8 Å². The van der Waals surface area contributed by atoms with Gasteiger partial charge in [-0.1, -0.05) is 0 Å². The van der Waals surface area contributed by atoms with Gasteiger partial charge in [0.2, 0.25) is 0 Å². The van der Waals surface area contributed by atoms with Crippen molar-refractivity contribution in [1.29, 1.82) is 0 Å². The van der Waals surface area contributed by atoms with Crippen LogP contribution in [0.4, 0.5) is 0 Å². The van der Waals surface area contributed by atoms with Crippen molar-refractivity contribution in [2.45, 2.75) is 6.42 Å². The van der Waals surface area contributed by atoms with E-state index in [1.807, 2.05) is 6.07 Å². The normalized spacial score (nSPS) is 18.4. The summed E-state index contributed by atoms with van der Waals surface area (Å²) in [5, 5.41) is 9.08. The Kier molecular flexibility index (Phi) is 2.83. The van der Waals surface area contributed by atoms with E-state index in [-0.39, 0.29) is 18.3 Å². The van der Waals surface area contributed by atoms with Crippen LogP contribution in [-0.2, 0) is 6.42 Å². The summed E-state index contributed by atoms with van der Waals surface area (Å²) in [5.41, 5.74) is 1.55. The minimum atomic E-state index is -0.313. The third kappa shape index (κ3) is 1.55. The van der Waals surface area contributed by atoms with Crippen LogP contribution in [0, 0.1) is 5.92 Å². The highest BCUT2D eigenvalue weighted by atomic mass is 16.5. The van der Waals surface area contributed by atoms with Crippen LogP contribution in [0.1, 0.15) is 15.9 Å². The zero-order chi connectivity index (χ0) is 11.7. The number of fused-ring (bicyclic) bond motifs is 1. The highest BCUT2D eigenvalue weighted by molar-refractivity contribution is 6.03. The molecule has 1 atom stereocenters. The zero-order valence-corrected chi connectivity index (χ0v) is 9.32. The zero-order valence-electron chi connectivity index (χ0n) is 9.32. The van der Waals surface area contributed by atoms with Crippen molar-refractivity contribution in [1.82, 2.24) is 0 Å². The molecule has 4 heteroatoms. The summed E-state index contributed by atoms with van der Waals surface area (Å²) in [7, 11) is 3.09. The number of benzene rings is 1. The van der Waals surface area contributed by atoms with Gasteiger partial charge in [-0.15, -0.1) is 0 Å². The van der Waals surface area contributed by atoms with Crippen molar-refractivity contribution in [3.63, 3.8) is 0 Å².